The van der Waals surface area contributed by atoms with E-state index < -0.39 is 0 Å². The molecule has 5 nitrogen and oxygen atoms in total. The van der Waals surface area contributed by atoms with Gasteiger partial charge in [-0.2, -0.15) is 0 Å². The van der Waals surface area contributed by atoms with Crippen molar-refractivity contribution in [1.29, 1.82) is 0 Å². The largest absolute Gasteiger partial charge is 0.377 e. The number of guanidine groups is 1. The maximum Gasteiger partial charge on any atom is 0.191 e. The van der Waals surface area contributed by atoms with E-state index in [1.165, 1.54) is 5.56 Å². The van der Waals surface area contributed by atoms with Crippen LogP contribution in [0, 0.1) is 11.3 Å². The van der Waals surface area contributed by atoms with E-state index in [9.17, 15) is 0 Å². The van der Waals surface area contributed by atoms with Crippen molar-refractivity contribution in [1.82, 2.24) is 15.5 Å². The molecule has 0 aromatic heterocycles. The van der Waals surface area contributed by atoms with Crippen LogP contribution in [0.5, 0.6) is 0 Å². The van der Waals surface area contributed by atoms with Gasteiger partial charge < -0.3 is 15.4 Å². The highest BCUT2D eigenvalue weighted by Crippen LogP contribution is 2.52. The lowest BCUT2D eigenvalue weighted by Crippen LogP contribution is -2.68. The molecule has 0 radical (unpaired) electrons. The van der Waals surface area contributed by atoms with Crippen LogP contribution in [0.2, 0.25) is 0 Å². The minimum absolute atomic E-state index is 0. The van der Waals surface area contributed by atoms with Gasteiger partial charge >= 0.3 is 0 Å². The smallest absolute Gasteiger partial charge is 0.191 e. The molecule has 0 bridgehead atoms. The molecule has 156 valence electrons. The monoisotopic (exact) mass is 498 g/mol. The zero-order valence-corrected chi connectivity index (χ0v) is 19.9. The van der Waals surface area contributed by atoms with Gasteiger partial charge in [0.25, 0.3) is 0 Å². The summed E-state index contributed by atoms with van der Waals surface area (Å²) in [4.78, 5) is 7.08. The molecule has 1 aliphatic carbocycles. The summed E-state index contributed by atoms with van der Waals surface area (Å²) < 4.78 is 5.92. The molecule has 2 aliphatic heterocycles. The molecule has 1 saturated carbocycles. The molecule has 28 heavy (non-hydrogen) atoms. The number of benzene rings is 1. The molecular formula is C22H35IN4O. The molecule has 4 rings (SSSR count). The summed E-state index contributed by atoms with van der Waals surface area (Å²) in [5.41, 5.74) is 1.56. The average Bonchev–Trinajstić information content (AvgIpc) is 3.33. The maximum atomic E-state index is 5.92. The number of hydrogen-bond donors (Lipinski definition) is 2. The van der Waals surface area contributed by atoms with Gasteiger partial charge in [-0.3, -0.25) is 9.89 Å². The highest BCUT2D eigenvalue weighted by atomic mass is 127. The number of aliphatic imine (C=N–C) groups is 1. The van der Waals surface area contributed by atoms with Gasteiger partial charge in [-0.25, -0.2) is 0 Å². The van der Waals surface area contributed by atoms with Gasteiger partial charge in [0.2, 0.25) is 0 Å². The van der Waals surface area contributed by atoms with Crippen molar-refractivity contribution in [3.05, 3.63) is 35.9 Å². The standard InChI is InChI=1S/C22H34N4O.HI/c1-15(16-8-6-5-7-9-16)26-12-10-17(14-26)24-21(23-4)25-19-18-11-13-27-20(18)22(19,2)3;/h5-9,15,17-20H,10-14H2,1-4H3,(H2,23,24,25);1H. The van der Waals surface area contributed by atoms with E-state index in [2.05, 4.69) is 71.6 Å². The second kappa shape index (κ2) is 8.88. The summed E-state index contributed by atoms with van der Waals surface area (Å²) in [6, 6.07) is 12.1. The predicted molar refractivity (Wildman–Crippen MR) is 125 cm³/mol. The van der Waals surface area contributed by atoms with Crippen LogP contribution in [-0.4, -0.2) is 55.8 Å². The highest BCUT2D eigenvalue weighted by Gasteiger charge is 2.59. The minimum atomic E-state index is 0. The molecule has 2 heterocycles. The zero-order valence-electron chi connectivity index (χ0n) is 17.5. The molecule has 1 aromatic carbocycles. The Morgan fingerprint density at radius 3 is 2.68 bits per heavy atom. The van der Waals surface area contributed by atoms with Gasteiger partial charge in [-0.15, -0.1) is 24.0 Å². The molecule has 1 aromatic rings. The van der Waals surface area contributed by atoms with Crippen LogP contribution in [0.3, 0.4) is 0 Å². The number of halogens is 1. The Labute approximate surface area is 186 Å². The van der Waals surface area contributed by atoms with Crippen LogP contribution < -0.4 is 10.6 Å². The van der Waals surface area contributed by atoms with Crippen molar-refractivity contribution in [2.75, 3.05) is 26.7 Å². The minimum Gasteiger partial charge on any atom is -0.377 e. The summed E-state index contributed by atoms with van der Waals surface area (Å²) in [5.74, 6) is 1.56. The van der Waals surface area contributed by atoms with Crippen LogP contribution >= 0.6 is 24.0 Å². The predicted octanol–water partition coefficient (Wildman–Crippen LogP) is 3.42. The molecule has 0 spiro atoms. The summed E-state index contributed by atoms with van der Waals surface area (Å²) in [6.07, 6.45) is 2.72. The first kappa shape index (κ1) is 21.8. The Bertz CT molecular complexity index is 680. The average molecular weight is 498 g/mol. The van der Waals surface area contributed by atoms with Crippen molar-refractivity contribution in [2.45, 2.75) is 57.8 Å². The molecule has 5 atom stereocenters. The number of hydrogen-bond acceptors (Lipinski definition) is 3. The molecule has 3 aliphatic rings. The van der Waals surface area contributed by atoms with Gasteiger partial charge in [0.05, 0.1) is 6.10 Å². The second-order valence-corrected chi connectivity index (χ2v) is 8.97. The summed E-state index contributed by atoms with van der Waals surface area (Å²) in [5, 5.41) is 7.38. The Hall–Kier alpha value is -0.860. The van der Waals surface area contributed by atoms with Gasteiger partial charge in [-0.1, -0.05) is 44.2 Å². The zero-order chi connectivity index (χ0) is 19.0. The third-order valence-electron chi connectivity index (χ3n) is 7.01. The number of rotatable bonds is 4. The maximum absolute atomic E-state index is 5.92. The van der Waals surface area contributed by atoms with Crippen molar-refractivity contribution in [3.8, 4) is 0 Å². The molecule has 3 fully saturated rings. The highest BCUT2D eigenvalue weighted by molar-refractivity contribution is 14.0. The number of nitrogens with one attached hydrogen (secondary N) is 2. The molecule has 2 saturated heterocycles. The van der Waals surface area contributed by atoms with Crippen LogP contribution in [0.25, 0.3) is 0 Å². The lowest BCUT2D eigenvalue weighted by Gasteiger charge is -2.55. The lowest BCUT2D eigenvalue weighted by molar-refractivity contribution is -0.106. The van der Waals surface area contributed by atoms with E-state index in [-0.39, 0.29) is 29.4 Å². The quantitative estimate of drug-likeness (QED) is 0.380. The molecule has 0 amide bonds. The van der Waals surface area contributed by atoms with Crippen LogP contribution in [-0.2, 0) is 4.74 Å². The van der Waals surface area contributed by atoms with Gasteiger partial charge in [-0.05, 0) is 25.3 Å². The topological polar surface area (TPSA) is 48.9 Å². The summed E-state index contributed by atoms with van der Waals surface area (Å²) in [7, 11) is 1.88. The first-order valence-corrected chi connectivity index (χ1v) is 10.4. The fourth-order valence-corrected chi connectivity index (χ4v) is 5.33. The van der Waals surface area contributed by atoms with Gasteiger partial charge in [0, 0.05) is 56.2 Å². The number of fused-ring (bicyclic) bond motifs is 1. The van der Waals surface area contributed by atoms with Crippen molar-refractivity contribution >= 4 is 29.9 Å². The Morgan fingerprint density at radius 2 is 1.96 bits per heavy atom. The van der Waals surface area contributed by atoms with Crippen molar-refractivity contribution in [2.24, 2.45) is 16.3 Å². The normalized spacial score (nSPS) is 32.8. The van der Waals surface area contributed by atoms with E-state index in [0.717, 1.165) is 38.5 Å². The van der Waals surface area contributed by atoms with E-state index in [4.69, 9.17) is 4.74 Å². The van der Waals surface area contributed by atoms with Gasteiger partial charge in [0.15, 0.2) is 5.96 Å². The summed E-state index contributed by atoms with van der Waals surface area (Å²) >= 11 is 0. The second-order valence-electron chi connectivity index (χ2n) is 8.97. The SMILES string of the molecule is CN=C(NC1CCN(C(C)c2ccccc2)C1)NC1C2CCOC2C1(C)C.I. The van der Waals surface area contributed by atoms with Crippen LogP contribution in [0.4, 0.5) is 0 Å². The molecular weight excluding hydrogens is 463 g/mol. The van der Waals surface area contributed by atoms with E-state index in [1.807, 2.05) is 7.05 Å². The number of nitrogens with zero attached hydrogens (tertiary/aromatic N) is 2. The third-order valence-corrected chi connectivity index (χ3v) is 7.01. The molecule has 2 N–H and O–H groups in total. The first-order valence-electron chi connectivity index (χ1n) is 10.4. The van der Waals surface area contributed by atoms with Crippen LogP contribution in [0.1, 0.15) is 45.2 Å². The number of likely N-dealkylation sites (tertiary alicyclic amines) is 1. The van der Waals surface area contributed by atoms with E-state index in [1.54, 1.807) is 0 Å². The van der Waals surface area contributed by atoms with Gasteiger partial charge in [0.1, 0.15) is 0 Å². The lowest BCUT2D eigenvalue weighted by atomic mass is 9.57. The van der Waals surface area contributed by atoms with E-state index >= 15 is 0 Å². The van der Waals surface area contributed by atoms with E-state index in [0.29, 0.717) is 30.1 Å². The fraction of sp³-hybridized carbons (Fsp3) is 0.682. The van der Waals surface area contributed by atoms with Crippen molar-refractivity contribution < 1.29 is 4.74 Å². The molecule has 6 heteroatoms. The first-order chi connectivity index (χ1) is 13.0. The third kappa shape index (κ3) is 4.05. The Balaban J connectivity index is 0.00000225. The number of ether oxygens (including phenoxy) is 1. The fourth-order valence-electron chi connectivity index (χ4n) is 5.33. The van der Waals surface area contributed by atoms with Crippen molar-refractivity contribution in [3.63, 3.8) is 0 Å². The Kier molecular flexibility index (Phi) is 6.92. The Morgan fingerprint density at radius 1 is 1.21 bits per heavy atom. The van der Waals surface area contributed by atoms with Crippen LogP contribution in [0.15, 0.2) is 35.3 Å². The molecule has 5 unspecified atom stereocenters. The summed E-state index contributed by atoms with van der Waals surface area (Å²) in [6.45, 7) is 10.0.